The van der Waals surface area contributed by atoms with Crippen LogP contribution in [0, 0.1) is 0 Å². The molecule has 2 aromatic heterocycles. The molecule has 0 atom stereocenters. The van der Waals surface area contributed by atoms with Crippen molar-refractivity contribution in [2.24, 2.45) is 0 Å². The van der Waals surface area contributed by atoms with Crippen molar-refractivity contribution in [3.8, 4) is 22.3 Å². The zero-order chi connectivity index (χ0) is 35.1. The van der Waals surface area contributed by atoms with Gasteiger partial charge < -0.3 is 9.32 Å². The van der Waals surface area contributed by atoms with Gasteiger partial charge in [0.25, 0.3) is 0 Å². The van der Waals surface area contributed by atoms with Gasteiger partial charge in [0.1, 0.15) is 5.58 Å². The Morgan fingerprint density at radius 2 is 1.09 bits per heavy atom. The topological polar surface area (TPSA) is 16.4 Å². The van der Waals surface area contributed by atoms with E-state index >= 15 is 0 Å². The first kappa shape index (κ1) is 30.2. The number of fused-ring (bicyclic) bond motifs is 9. The second-order valence-electron chi connectivity index (χ2n) is 14.2. The Hall–Kier alpha value is -6.42. The maximum Gasteiger partial charge on any atom is 0.159 e. The second-order valence-corrected chi connectivity index (χ2v) is 15.3. The Bertz CT molecular complexity index is 2980. The molecule has 0 spiro atoms. The minimum absolute atomic E-state index is 0.296. The van der Waals surface area contributed by atoms with Crippen molar-refractivity contribution in [1.29, 1.82) is 0 Å². The van der Waals surface area contributed by atoms with E-state index in [9.17, 15) is 0 Å². The van der Waals surface area contributed by atoms with Crippen LogP contribution in [0.3, 0.4) is 0 Å². The molecular weight excluding hydrogens is 663 g/mol. The smallest absolute Gasteiger partial charge is 0.159 e. The fraction of sp³-hybridized carbons (Fsp3) is 0.0400. The van der Waals surface area contributed by atoms with E-state index in [-0.39, 0.29) is 5.41 Å². The molecular formula is C50H33NOS. The first-order valence-corrected chi connectivity index (χ1v) is 19.0. The van der Waals surface area contributed by atoms with Crippen LogP contribution < -0.4 is 4.90 Å². The first-order valence-electron chi connectivity index (χ1n) is 18.2. The van der Waals surface area contributed by atoms with Gasteiger partial charge in [0, 0.05) is 47.7 Å². The highest BCUT2D eigenvalue weighted by Crippen LogP contribution is 2.53. The van der Waals surface area contributed by atoms with Gasteiger partial charge in [-0.3, -0.25) is 0 Å². The largest absolute Gasteiger partial charge is 0.454 e. The lowest BCUT2D eigenvalue weighted by Crippen LogP contribution is -2.22. The summed E-state index contributed by atoms with van der Waals surface area (Å²) in [7, 11) is 0. The van der Waals surface area contributed by atoms with Gasteiger partial charge in [-0.1, -0.05) is 140 Å². The highest BCUT2D eigenvalue weighted by Gasteiger charge is 2.40. The van der Waals surface area contributed by atoms with Crippen LogP contribution in [0.1, 0.15) is 23.6 Å². The molecule has 0 aliphatic heterocycles. The summed E-state index contributed by atoms with van der Waals surface area (Å²) in [6.45, 7) is 2.36. The quantitative estimate of drug-likeness (QED) is 0.178. The average molecular weight is 696 g/mol. The van der Waals surface area contributed by atoms with Crippen molar-refractivity contribution in [3.63, 3.8) is 0 Å². The summed E-state index contributed by atoms with van der Waals surface area (Å²) in [5.41, 5.74) is 13.6. The zero-order valence-electron chi connectivity index (χ0n) is 29.1. The Morgan fingerprint density at radius 3 is 1.89 bits per heavy atom. The fourth-order valence-corrected chi connectivity index (χ4v) is 9.89. The van der Waals surface area contributed by atoms with E-state index in [0.29, 0.717) is 0 Å². The minimum Gasteiger partial charge on any atom is -0.454 e. The molecule has 0 saturated heterocycles. The van der Waals surface area contributed by atoms with Crippen LogP contribution in [0.2, 0.25) is 0 Å². The molecule has 0 unspecified atom stereocenters. The maximum atomic E-state index is 7.02. The summed E-state index contributed by atoms with van der Waals surface area (Å²) in [6.07, 6.45) is 0. The lowest BCUT2D eigenvalue weighted by molar-refractivity contribution is 0.662. The number of rotatable bonds is 5. The second kappa shape index (κ2) is 11.5. The highest BCUT2D eigenvalue weighted by molar-refractivity contribution is 7.25. The van der Waals surface area contributed by atoms with Crippen molar-refractivity contribution < 1.29 is 4.42 Å². The lowest BCUT2D eigenvalue weighted by Gasteiger charge is -2.28. The number of nitrogens with zero attached hydrogens (tertiary/aromatic N) is 1. The van der Waals surface area contributed by atoms with Gasteiger partial charge in [-0.15, -0.1) is 11.3 Å². The predicted molar refractivity (Wildman–Crippen MR) is 224 cm³/mol. The highest BCUT2D eigenvalue weighted by atomic mass is 32.1. The number of hydrogen-bond acceptors (Lipinski definition) is 3. The third kappa shape index (κ3) is 4.51. The number of benzene rings is 8. The van der Waals surface area contributed by atoms with Crippen LogP contribution in [0.4, 0.5) is 17.1 Å². The van der Waals surface area contributed by atoms with Crippen molar-refractivity contribution in [2.45, 2.75) is 12.3 Å². The Labute approximate surface area is 311 Å². The molecule has 2 heterocycles. The monoisotopic (exact) mass is 695 g/mol. The van der Waals surface area contributed by atoms with Crippen LogP contribution in [0.15, 0.2) is 186 Å². The van der Waals surface area contributed by atoms with Crippen molar-refractivity contribution >= 4 is 70.5 Å². The van der Waals surface area contributed by atoms with Gasteiger partial charge in [-0.2, -0.15) is 0 Å². The summed E-state index contributed by atoms with van der Waals surface area (Å²) in [5, 5.41) is 4.81. The van der Waals surface area contributed by atoms with Crippen molar-refractivity contribution in [3.05, 3.63) is 199 Å². The van der Waals surface area contributed by atoms with Gasteiger partial charge in [-0.05, 0) is 88.3 Å². The molecule has 0 radical (unpaired) electrons. The third-order valence-corrected chi connectivity index (χ3v) is 12.5. The standard InChI is InChI=1S/C50H33NOS/c1-50(43-18-8-5-14-37(43)38-15-6-9-19-44(38)50)34-24-28-39-42-17-11-20-45(49(42)52-46(39)30-34)51(35-25-22-33(23-26-35)32-12-3-2-4-13-32)36-27-29-41-40-16-7-10-21-47(40)53-48(41)31-36/h2-31H,1H3. The molecule has 11 rings (SSSR count). The van der Waals surface area contributed by atoms with Crippen molar-refractivity contribution in [1.82, 2.24) is 0 Å². The Balaban J connectivity index is 1.10. The molecule has 250 valence electrons. The third-order valence-electron chi connectivity index (χ3n) is 11.4. The Kier molecular flexibility index (Phi) is 6.58. The van der Waals surface area contributed by atoms with Gasteiger partial charge in [0.2, 0.25) is 0 Å². The molecule has 0 amide bonds. The van der Waals surface area contributed by atoms with E-state index in [1.54, 1.807) is 0 Å². The van der Waals surface area contributed by atoms with E-state index in [1.165, 1.54) is 59.1 Å². The normalized spacial score (nSPS) is 13.2. The average Bonchev–Trinajstić information content (AvgIpc) is 3.87. The Morgan fingerprint density at radius 1 is 0.472 bits per heavy atom. The number of hydrogen-bond donors (Lipinski definition) is 0. The van der Waals surface area contributed by atoms with Crippen LogP contribution in [-0.2, 0) is 5.41 Å². The maximum absolute atomic E-state index is 7.02. The van der Waals surface area contributed by atoms with Crippen LogP contribution in [-0.4, -0.2) is 0 Å². The molecule has 0 saturated carbocycles. The van der Waals surface area contributed by atoms with Crippen molar-refractivity contribution in [2.75, 3.05) is 4.90 Å². The summed E-state index contributed by atoms with van der Waals surface area (Å²) in [6, 6.07) is 66.1. The van der Waals surface area contributed by atoms with Gasteiger partial charge in [-0.25, -0.2) is 0 Å². The molecule has 10 aromatic rings. The number of para-hydroxylation sites is 1. The first-order chi connectivity index (χ1) is 26.1. The molecule has 8 aromatic carbocycles. The summed E-state index contributed by atoms with van der Waals surface area (Å²) < 4.78 is 9.58. The lowest BCUT2D eigenvalue weighted by atomic mass is 9.74. The van der Waals surface area contributed by atoms with E-state index in [2.05, 4.69) is 194 Å². The van der Waals surface area contributed by atoms with Gasteiger partial charge >= 0.3 is 0 Å². The van der Waals surface area contributed by atoms with E-state index in [1.807, 2.05) is 11.3 Å². The van der Waals surface area contributed by atoms with Crippen LogP contribution >= 0.6 is 11.3 Å². The zero-order valence-corrected chi connectivity index (χ0v) is 29.9. The molecule has 0 bridgehead atoms. The van der Waals surface area contributed by atoms with Crippen LogP contribution in [0.5, 0.6) is 0 Å². The molecule has 0 N–H and O–H groups in total. The van der Waals surface area contributed by atoms with Gasteiger partial charge in [0.15, 0.2) is 5.58 Å². The molecule has 2 nitrogen and oxygen atoms in total. The molecule has 0 fully saturated rings. The molecule has 3 heteroatoms. The van der Waals surface area contributed by atoms with Gasteiger partial charge in [0.05, 0.1) is 5.69 Å². The van der Waals surface area contributed by atoms with E-state index in [0.717, 1.165) is 39.0 Å². The fourth-order valence-electron chi connectivity index (χ4n) is 8.75. The molecule has 1 aliphatic carbocycles. The number of thiophene rings is 1. The summed E-state index contributed by atoms with van der Waals surface area (Å²) >= 11 is 1.84. The summed E-state index contributed by atoms with van der Waals surface area (Å²) in [5.74, 6) is 0. The SMILES string of the molecule is CC1(c2ccc3c(c2)oc2c(N(c4ccc(-c5ccccc5)cc4)c4ccc5c(c4)sc4ccccc45)cccc23)c2ccccc2-c2ccccc21. The van der Waals surface area contributed by atoms with Crippen LogP contribution in [0.25, 0.3) is 64.4 Å². The summed E-state index contributed by atoms with van der Waals surface area (Å²) in [4.78, 5) is 2.36. The van der Waals surface area contributed by atoms with E-state index < -0.39 is 0 Å². The number of furan rings is 1. The minimum atomic E-state index is -0.296. The molecule has 53 heavy (non-hydrogen) atoms. The van der Waals surface area contributed by atoms with E-state index in [4.69, 9.17) is 4.42 Å². The predicted octanol–water partition coefficient (Wildman–Crippen LogP) is 14.4. The molecule has 1 aliphatic rings. The number of anilines is 3.